The average Bonchev–Trinajstić information content (AvgIpc) is 2.35. The van der Waals surface area contributed by atoms with Crippen molar-refractivity contribution in [1.82, 2.24) is 0 Å². The highest BCUT2D eigenvalue weighted by molar-refractivity contribution is 5.48. The molecule has 0 saturated carbocycles. The maximum atomic E-state index is 11.0. The fraction of sp³-hybridized carbons (Fsp3) is 0.600. The van der Waals surface area contributed by atoms with Gasteiger partial charge in [0.15, 0.2) is 5.75 Å². The first kappa shape index (κ1) is 16.4. The lowest BCUT2D eigenvalue weighted by Gasteiger charge is -2.25. The van der Waals surface area contributed by atoms with E-state index in [4.69, 9.17) is 4.74 Å². The Balaban J connectivity index is 2.97. The summed E-state index contributed by atoms with van der Waals surface area (Å²) in [6.07, 6.45) is 0.721. The molecule has 1 aromatic carbocycles. The molecule has 1 N–H and O–H groups in total. The van der Waals surface area contributed by atoms with Gasteiger partial charge < -0.3 is 9.84 Å². The van der Waals surface area contributed by atoms with Crippen molar-refractivity contribution in [1.29, 1.82) is 0 Å². The second-order valence-electron chi connectivity index (χ2n) is 5.99. The molecule has 0 radical (unpaired) electrons. The average molecular weight is 281 g/mol. The third kappa shape index (κ3) is 4.49. The van der Waals surface area contributed by atoms with Crippen molar-refractivity contribution in [3.05, 3.63) is 33.9 Å². The summed E-state index contributed by atoms with van der Waals surface area (Å²) in [6, 6.07) is 4.77. The summed E-state index contributed by atoms with van der Waals surface area (Å²) in [5.41, 5.74) is 0.572. The number of nitrogens with zero attached hydrogens (tertiary/aromatic N) is 1. The second kappa shape index (κ2) is 6.70. The standard InChI is InChI=1S/C15H23NO4/c1-5-8-20-13-9-11(6-7-12(13)16(18)19)10-14(17)15(2,3)4/h6-7,9,14,17H,5,8,10H2,1-4H3. The molecule has 1 atom stereocenters. The van der Waals surface area contributed by atoms with Crippen LogP contribution in [0, 0.1) is 15.5 Å². The Morgan fingerprint density at radius 1 is 1.40 bits per heavy atom. The molecule has 5 nitrogen and oxygen atoms in total. The van der Waals surface area contributed by atoms with E-state index < -0.39 is 11.0 Å². The van der Waals surface area contributed by atoms with Crippen LogP contribution in [0.2, 0.25) is 0 Å². The van der Waals surface area contributed by atoms with Gasteiger partial charge in [0.1, 0.15) is 0 Å². The topological polar surface area (TPSA) is 72.6 Å². The molecule has 1 aromatic rings. The monoisotopic (exact) mass is 281 g/mol. The van der Waals surface area contributed by atoms with Gasteiger partial charge in [0.05, 0.1) is 17.6 Å². The molecule has 0 spiro atoms. The van der Waals surface area contributed by atoms with Crippen molar-refractivity contribution in [2.45, 2.75) is 46.6 Å². The number of benzene rings is 1. The third-order valence-electron chi connectivity index (χ3n) is 3.11. The molecule has 0 aliphatic rings. The molecule has 1 unspecified atom stereocenters. The van der Waals surface area contributed by atoms with E-state index in [9.17, 15) is 15.2 Å². The Morgan fingerprint density at radius 2 is 2.05 bits per heavy atom. The Bertz CT molecular complexity index is 465. The molecule has 0 bridgehead atoms. The normalized spacial score (nSPS) is 13.1. The summed E-state index contributed by atoms with van der Waals surface area (Å²) < 4.78 is 5.43. The molecule has 0 saturated heterocycles. The van der Waals surface area contributed by atoms with Crippen LogP contribution in [-0.2, 0) is 6.42 Å². The molecule has 0 aliphatic heterocycles. The van der Waals surface area contributed by atoms with Crippen LogP contribution >= 0.6 is 0 Å². The van der Waals surface area contributed by atoms with E-state index in [2.05, 4.69) is 0 Å². The fourth-order valence-corrected chi connectivity index (χ4v) is 1.69. The van der Waals surface area contributed by atoms with Gasteiger partial charge in [-0.3, -0.25) is 10.1 Å². The number of nitro benzene ring substituents is 1. The largest absolute Gasteiger partial charge is 0.487 e. The maximum Gasteiger partial charge on any atom is 0.310 e. The van der Waals surface area contributed by atoms with Crippen LogP contribution in [0.25, 0.3) is 0 Å². The lowest BCUT2D eigenvalue weighted by atomic mass is 9.85. The Morgan fingerprint density at radius 3 is 2.55 bits per heavy atom. The van der Waals surface area contributed by atoms with Crippen molar-refractivity contribution < 1.29 is 14.8 Å². The SMILES string of the molecule is CCCOc1cc(CC(O)C(C)(C)C)ccc1[N+](=O)[O-]. The van der Waals surface area contributed by atoms with E-state index in [0.29, 0.717) is 13.0 Å². The number of aliphatic hydroxyl groups excluding tert-OH is 1. The van der Waals surface area contributed by atoms with E-state index in [-0.39, 0.29) is 16.9 Å². The lowest BCUT2D eigenvalue weighted by molar-refractivity contribution is -0.385. The van der Waals surface area contributed by atoms with E-state index in [1.54, 1.807) is 12.1 Å². The molecule has 1 rings (SSSR count). The first-order valence-electron chi connectivity index (χ1n) is 6.84. The molecule has 0 heterocycles. The van der Waals surface area contributed by atoms with Gasteiger partial charge in [0.25, 0.3) is 0 Å². The first-order valence-corrected chi connectivity index (χ1v) is 6.84. The van der Waals surface area contributed by atoms with Crippen molar-refractivity contribution in [3.63, 3.8) is 0 Å². The van der Waals surface area contributed by atoms with Crippen molar-refractivity contribution in [2.24, 2.45) is 5.41 Å². The molecular weight excluding hydrogens is 258 g/mol. The van der Waals surface area contributed by atoms with Gasteiger partial charge in [-0.25, -0.2) is 0 Å². The Hall–Kier alpha value is -1.62. The van der Waals surface area contributed by atoms with Gasteiger partial charge in [0.2, 0.25) is 0 Å². The van der Waals surface area contributed by atoms with E-state index in [1.807, 2.05) is 27.7 Å². The van der Waals surface area contributed by atoms with Crippen LogP contribution in [0.15, 0.2) is 18.2 Å². The molecule has 20 heavy (non-hydrogen) atoms. The number of nitro groups is 1. The van der Waals surface area contributed by atoms with Crippen molar-refractivity contribution in [2.75, 3.05) is 6.61 Å². The Kier molecular flexibility index (Phi) is 5.51. The minimum Gasteiger partial charge on any atom is -0.487 e. The Labute approximate surface area is 119 Å². The van der Waals surface area contributed by atoms with Crippen LogP contribution in [0.5, 0.6) is 5.75 Å². The molecule has 0 fully saturated rings. The molecule has 112 valence electrons. The van der Waals surface area contributed by atoms with Gasteiger partial charge in [-0.2, -0.15) is 0 Å². The summed E-state index contributed by atoms with van der Waals surface area (Å²) in [4.78, 5) is 10.5. The lowest BCUT2D eigenvalue weighted by Crippen LogP contribution is -2.28. The highest BCUT2D eigenvalue weighted by atomic mass is 16.6. The zero-order valence-electron chi connectivity index (χ0n) is 12.5. The third-order valence-corrected chi connectivity index (χ3v) is 3.11. The molecule has 5 heteroatoms. The number of aliphatic hydroxyl groups is 1. The smallest absolute Gasteiger partial charge is 0.310 e. The summed E-state index contributed by atoms with van der Waals surface area (Å²) in [6.45, 7) is 8.25. The highest BCUT2D eigenvalue weighted by Gasteiger charge is 2.23. The van der Waals surface area contributed by atoms with Gasteiger partial charge in [-0.05, 0) is 29.9 Å². The number of rotatable bonds is 6. The van der Waals surface area contributed by atoms with E-state index >= 15 is 0 Å². The number of hydrogen-bond donors (Lipinski definition) is 1. The molecule has 0 aromatic heterocycles. The van der Waals surface area contributed by atoms with Crippen molar-refractivity contribution in [3.8, 4) is 5.75 Å². The zero-order chi connectivity index (χ0) is 15.3. The van der Waals surface area contributed by atoms with E-state index in [1.165, 1.54) is 6.07 Å². The summed E-state index contributed by atoms with van der Waals surface area (Å²) in [5.74, 6) is 0.274. The van der Waals surface area contributed by atoms with Crippen LogP contribution in [0.1, 0.15) is 39.7 Å². The predicted octanol–water partition coefficient (Wildman–Crippen LogP) is 3.33. The quantitative estimate of drug-likeness (QED) is 0.641. The van der Waals surface area contributed by atoms with Gasteiger partial charge >= 0.3 is 5.69 Å². The number of hydrogen-bond acceptors (Lipinski definition) is 4. The molecule has 0 amide bonds. The van der Waals surface area contributed by atoms with Crippen molar-refractivity contribution >= 4 is 5.69 Å². The van der Waals surface area contributed by atoms with Crippen LogP contribution < -0.4 is 4.74 Å². The minimum atomic E-state index is -0.511. The second-order valence-corrected chi connectivity index (χ2v) is 5.99. The van der Waals surface area contributed by atoms with Crippen LogP contribution in [0.3, 0.4) is 0 Å². The minimum absolute atomic E-state index is 0.0348. The zero-order valence-corrected chi connectivity index (χ0v) is 12.5. The fourth-order valence-electron chi connectivity index (χ4n) is 1.69. The van der Waals surface area contributed by atoms with Crippen LogP contribution in [0.4, 0.5) is 5.69 Å². The highest BCUT2D eigenvalue weighted by Crippen LogP contribution is 2.30. The molecule has 0 aliphatic carbocycles. The van der Waals surface area contributed by atoms with Crippen LogP contribution in [-0.4, -0.2) is 22.7 Å². The van der Waals surface area contributed by atoms with Gasteiger partial charge in [0, 0.05) is 6.07 Å². The molecular formula is C15H23NO4. The van der Waals surface area contributed by atoms with Gasteiger partial charge in [-0.1, -0.05) is 33.8 Å². The first-order chi connectivity index (χ1) is 9.25. The predicted molar refractivity (Wildman–Crippen MR) is 78.0 cm³/mol. The summed E-state index contributed by atoms with van der Waals surface area (Å²) in [7, 11) is 0. The summed E-state index contributed by atoms with van der Waals surface area (Å²) >= 11 is 0. The summed E-state index contributed by atoms with van der Waals surface area (Å²) in [5, 5.41) is 21.1. The number of ether oxygens (including phenoxy) is 1. The van der Waals surface area contributed by atoms with E-state index in [0.717, 1.165) is 12.0 Å². The maximum absolute atomic E-state index is 11.0. The van der Waals surface area contributed by atoms with Gasteiger partial charge in [-0.15, -0.1) is 0 Å².